The van der Waals surface area contributed by atoms with Crippen LogP contribution in [-0.2, 0) is 4.84 Å². The molecular weight excluding hydrogens is 212 g/mol. The minimum Gasteiger partial charge on any atom is -0.331 e. The summed E-state index contributed by atoms with van der Waals surface area (Å²) in [6.07, 6.45) is 2.09. The SMILES string of the molecule is Cc1ccc(C(CCC[N+](C)(C)C)ON)cc1. The first-order valence-corrected chi connectivity index (χ1v) is 6.15. The van der Waals surface area contributed by atoms with Gasteiger partial charge in [-0.05, 0) is 25.3 Å². The van der Waals surface area contributed by atoms with Gasteiger partial charge in [0.25, 0.3) is 0 Å². The third-order valence-electron chi connectivity index (χ3n) is 2.91. The second-order valence-electron chi connectivity index (χ2n) is 5.69. The Kier molecular flexibility index (Phi) is 5.12. The van der Waals surface area contributed by atoms with Gasteiger partial charge in [0.1, 0.15) is 6.10 Å². The zero-order valence-electron chi connectivity index (χ0n) is 11.4. The summed E-state index contributed by atoms with van der Waals surface area (Å²) in [5, 5.41) is 0. The molecule has 96 valence electrons. The van der Waals surface area contributed by atoms with E-state index in [0.717, 1.165) is 23.9 Å². The molecule has 0 bridgehead atoms. The first-order chi connectivity index (χ1) is 7.92. The van der Waals surface area contributed by atoms with Crippen LogP contribution in [-0.4, -0.2) is 32.2 Å². The van der Waals surface area contributed by atoms with Crippen LogP contribution in [0.1, 0.15) is 30.1 Å². The van der Waals surface area contributed by atoms with E-state index in [1.807, 2.05) is 0 Å². The number of quaternary nitrogens is 1. The van der Waals surface area contributed by atoms with Gasteiger partial charge >= 0.3 is 0 Å². The Morgan fingerprint density at radius 2 is 1.76 bits per heavy atom. The molecule has 0 aromatic heterocycles. The van der Waals surface area contributed by atoms with E-state index in [-0.39, 0.29) is 6.10 Å². The van der Waals surface area contributed by atoms with Gasteiger partial charge in [0.15, 0.2) is 0 Å². The summed E-state index contributed by atoms with van der Waals surface area (Å²) in [6, 6.07) is 8.39. The Bertz CT molecular complexity index is 327. The largest absolute Gasteiger partial charge is 0.331 e. The molecule has 17 heavy (non-hydrogen) atoms. The minimum atomic E-state index is 0.0159. The Hall–Kier alpha value is -0.900. The van der Waals surface area contributed by atoms with Crippen molar-refractivity contribution < 1.29 is 9.32 Å². The maximum absolute atomic E-state index is 5.39. The molecule has 0 fully saturated rings. The van der Waals surface area contributed by atoms with Crippen LogP contribution in [0.4, 0.5) is 0 Å². The average molecular weight is 237 g/mol. The lowest BCUT2D eigenvalue weighted by atomic mass is 10.0. The van der Waals surface area contributed by atoms with Gasteiger partial charge in [0, 0.05) is 0 Å². The molecule has 0 radical (unpaired) electrons. The Morgan fingerprint density at radius 3 is 2.24 bits per heavy atom. The number of benzene rings is 1. The predicted octanol–water partition coefficient (Wildman–Crippen LogP) is 2.41. The van der Waals surface area contributed by atoms with Gasteiger partial charge in [0.05, 0.1) is 27.7 Å². The molecule has 0 aliphatic heterocycles. The lowest BCUT2D eigenvalue weighted by Crippen LogP contribution is -2.35. The highest BCUT2D eigenvalue weighted by atomic mass is 16.6. The van der Waals surface area contributed by atoms with E-state index in [1.165, 1.54) is 11.1 Å². The van der Waals surface area contributed by atoms with Crippen molar-refractivity contribution in [3.63, 3.8) is 0 Å². The molecule has 1 atom stereocenters. The van der Waals surface area contributed by atoms with Crippen molar-refractivity contribution in [3.8, 4) is 0 Å². The van der Waals surface area contributed by atoms with E-state index in [4.69, 9.17) is 10.7 Å². The Labute approximate surface area is 105 Å². The van der Waals surface area contributed by atoms with Crippen LogP contribution in [0.15, 0.2) is 24.3 Å². The number of aryl methyl sites for hydroxylation is 1. The van der Waals surface area contributed by atoms with Crippen LogP contribution in [0, 0.1) is 6.92 Å². The van der Waals surface area contributed by atoms with Crippen molar-refractivity contribution in [1.29, 1.82) is 0 Å². The van der Waals surface area contributed by atoms with Crippen LogP contribution >= 0.6 is 0 Å². The number of nitrogens with two attached hydrogens (primary N) is 1. The van der Waals surface area contributed by atoms with Crippen LogP contribution in [0.25, 0.3) is 0 Å². The molecular formula is C14H25N2O+. The van der Waals surface area contributed by atoms with Gasteiger partial charge in [-0.25, -0.2) is 5.90 Å². The Balaban J connectivity index is 2.51. The highest BCUT2D eigenvalue weighted by Crippen LogP contribution is 2.21. The van der Waals surface area contributed by atoms with Gasteiger partial charge in [-0.3, -0.25) is 4.84 Å². The zero-order valence-corrected chi connectivity index (χ0v) is 11.4. The average Bonchev–Trinajstić information content (AvgIpc) is 2.24. The number of rotatable bonds is 6. The molecule has 0 heterocycles. The molecule has 2 N–H and O–H groups in total. The predicted molar refractivity (Wildman–Crippen MR) is 71.3 cm³/mol. The van der Waals surface area contributed by atoms with E-state index < -0.39 is 0 Å². The maximum Gasteiger partial charge on any atom is 0.104 e. The third-order valence-corrected chi connectivity index (χ3v) is 2.91. The van der Waals surface area contributed by atoms with Crippen LogP contribution < -0.4 is 5.90 Å². The summed E-state index contributed by atoms with van der Waals surface area (Å²) in [5.74, 6) is 5.39. The fourth-order valence-corrected chi connectivity index (χ4v) is 1.85. The normalized spacial score (nSPS) is 13.7. The van der Waals surface area contributed by atoms with Gasteiger partial charge in [-0.1, -0.05) is 29.8 Å². The number of nitrogens with zero attached hydrogens (tertiary/aromatic N) is 1. The standard InChI is InChI=1S/C14H25N2O/c1-12-7-9-13(10-8-12)14(17-15)6-5-11-16(2,3)4/h7-10,14H,5-6,11,15H2,1-4H3/q+1. The second kappa shape index (κ2) is 6.15. The number of hydrogen-bond acceptors (Lipinski definition) is 2. The van der Waals surface area contributed by atoms with Crippen molar-refractivity contribution in [2.24, 2.45) is 5.90 Å². The van der Waals surface area contributed by atoms with E-state index in [9.17, 15) is 0 Å². The minimum absolute atomic E-state index is 0.0159. The van der Waals surface area contributed by atoms with E-state index in [2.05, 4.69) is 52.3 Å². The van der Waals surface area contributed by atoms with Crippen LogP contribution in [0.3, 0.4) is 0 Å². The van der Waals surface area contributed by atoms with Crippen molar-refractivity contribution in [2.75, 3.05) is 27.7 Å². The molecule has 0 aliphatic carbocycles. The van der Waals surface area contributed by atoms with Crippen molar-refractivity contribution >= 4 is 0 Å². The van der Waals surface area contributed by atoms with Gasteiger partial charge in [0.2, 0.25) is 0 Å². The number of hydrogen-bond donors (Lipinski definition) is 1. The van der Waals surface area contributed by atoms with Crippen molar-refractivity contribution in [2.45, 2.75) is 25.9 Å². The lowest BCUT2D eigenvalue weighted by Gasteiger charge is -2.24. The molecule has 0 spiro atoms. The first-order valence-electron chi connectivity index (χ1n) is 6.15. The molecule has 0 amide bonds. The smallest absolute Gasteiger partial charge is 0.104 e. The highest BCUT2D eigenvalue weighted by Gasteiger charge is 2.13. The summed E-state index contributed by atoms with van der Waals surface area (Å²) in [4.78, 5) is 5.08. The van der Waals surface area contributed by atoms with Gasteiger partial charge < -0.3 is 4.48 Å². The molecule has 1 aromatic carbocycles. The van der Waals surface area contributed by atoms with E-state index in [1.54, 1.807) is 0 Å². The molecule has 1 rings (SSSR count). The molecule has 3 nitrogen and oxygen atoms in total. The third kappa shape index (κ3) is 5.31. The molecule has 0 saturated heterocycles. The summed E-state index contributed by atoms with van der Waals surface area (Å²) < 4.78 is 0.977. The molecule has 1 aromatic rings. The van der Waals surface area contributed by atoms with E-state index in [0.29, 0.717) is 0 Å². The fraction of sp³-hybridized carbons (Fsp3) is 0.571. The highest BCUT2D eigenvalue weighted by molar-refractivity contribution is 5.23. The molecule has 0 aliphatic rings. The monoisotopic (exact) mass is 237 g/mol. The van der Waals surface area contributed by atoms with Gasteiger partial charge in [-0.2, -0.15) is 0 Å². The molecule has 3 heteroatoms. The fourth-order valence-electron chi connectivity index (χ4n) is 1.85. The summed E-state index contributed by atoms with van der Waals surface area (Å²) in [7, 11) is 6.60. The van der Waals surface area contributed by atoms with Crippen molar-refractivity contribution in [3.05, 3.63) is 35.4 Å². The summed E-state index contributed by atoms with van der Waals surface area (Å²) in [5.41, 5.74) is 2.43. The quantitative estimate of drug-likeness (QED) is 0.609. The lowest BCUT2D eigenvalue weighted by molar-refractivity contribution is -0.870. The van der Waals surface area contributed by atoms with Crippen molar-refractivity contribution in [1.82, 2.24) is 0 Å². The van der Waals surface area contributed by atoms with Crippen LogP contribution in [0.2, 0.25) is 0 Å². The molecule has 1 unspecified atom stereocenters. The Morgan fingerprint density at radius 1 is 1.18 bits per heavy atom. The summed E-state index contributed by atoms with van der Waals surface area (Å²) >= 11 is 0. The molecule has 0 saturated carbocycles. The second-order valence-corrected chi connectivity index (χ2v) is 5.69. The van der Waals surface area contributed by atoms with Crippen LogP contribution in [0.5, 0.6) is 0 Å². The first kappa shape index (κ1) is 14.2. The van der Waals surface area contributed by atoms with Gasteiger partial charge in [-0.15, -0.1) is 0 Å². The maximum atomic E-state index is 5.39. The summed E-state index contributed by atoms with van der Waals surface area (Å²) in [6.45, 7) is 3.21. The van der Waals surface area contributed by atoms with E-state index >= 15 is 0 Å². The topological polar surface area (TPSA) is 35.2 Å². The zero-order chi connectivity index (χ0) is 12.9.